The predicted octanol–water partition coefficient (Wildman–Crippen LogP) is 4.43. The van der Waals surface area contributed by atoms with Crippen LogP contribution in [-0.4, -0.2) is 40.3 Å². The Morgan fingerprint density at radius 2 is 1.81 bits per heavy atom. The van der Waals surface area contributed by atoms with Crippen molar-refractivity contribution in [3.8, 4) is 0 Å². The second kappa shape index (κ2) is 8.18. The number of rotatable bonds is 5. The van der Waals surface area contributed by atoms with Crippen LogP contribution in [0.25, 0.3) is 10.9 Å². The lowest BCUT2D eigenvalue weighted by molar-refractivity contribution is 0.319. The molecule has 1 aliphatic heterocycles. The van der Waals surface area contributed by atoms with E-state index in [1.807, 2.05) is 24.3 Å². The molecule has 4 aromatic rings. The molecule has 0 spiro atoms. The van der Waals surface area contributed by atoms with Crippen LogP contribution in [-0.2, 0) is 16.6 Å². The highest BCUT2D eigenvalue weighted by molar-refractivity contribution is 7.89. The van der Waals surface area contributed by atoms with E-state index in [1.54, 1.807) is 4.31 Å². The zero-order valence-electron chi connectivity index (χ0n) is 17.8. The van der Waals surface area contributed by atoms with E-state index in [0.29, 0.717) is 19.6 Å². The van der Waals surface area contributed by atoms with Crippen LogP contribution < -0.4 is 0 Å². The molecule has 0 amide bonds. The summed E-state index contributed by atoms with van der Waals surface area (Å²) in [5.74, 6) is 0.0444. The molecule has 1 fully saturated rings. The molecule has 6 nitrogen and oxygen atoms in total. The second-order valence-electron chi connectivity index (χ2n) is 8.32. The molecule has 32 heavy (non-hydrogen) atoms. The molecule has 0 bridgehead atoms. The van der Waals surface area contributed by atoms with Crippen LogP contribution in [0.15, 0.2) is 66.1 Å². The summed E-state index contributed by atoms with van der Waals surface area (Å²) in [6, 6.07) is 15.0. The van der Waals surface area contributed by atoms with E-state index < -0.39 is 10.0 Å². The number of nitrogens with zero attached hydrogens (tertiary/aromatic N) is 3. The van der Waals surface area contributed by atoms with Gasteiger partial charge in [-0.05, 0) is 55.0 Å². The van der Waals surface area contributed by atoms with Crippen molar-refractivity contribution in [1.82, 2.24) is 18.8 Å². The molecule has 0 saturated carbocycles. The first-order valence-corrected chi connectivity index (χ1v) is 12.2. The number of fused-ring (bicyclic) bond motifs is 1. The Labute approximate surface area is 186 Å². The number of H-pyrrole nitrogens is 1. The van der Waals surface area contributed by atoms with Gasteiger partial charge in [-0.2, -0.15) is 4.31 Å². The number of aromatic nitrogens is 3. The predicted molar refractivity (Wildman–Crippen MR) is 121 cm³/mol. The molecule has 1 N–H and O–H groups in total. The lowest BCUT2D eigenvalue weighted by Crippen LogP contribution is -2.38. The molecule has 1 aliphatic rings. The minimum absolute atomic E-state index is 0.142. The quantitative estimate of drug-likeness (QED) is 0.487. The van der Waals surface area contributed by atoms with E-state index in [1.165, 1.54) is 41.3 Å². The fourth-order valence-corrected chi connectivity index (χ4v) is 6.22. The number of sulfonamides is 1. The van der Waals surface area contributed by atoms with Gasteiger partial charge in [0.2, 0.25) is 0 Å². The largest absolute Gasteiger partial charge is 0.340 e. The van der Waals surface area contributed by atoms with Gasteiger partial charge in [0.15, 0.2) is 5.03 Å². The fraction of sp³-hybridized carbons (Fsp3) is 0.292. The molecule has 166 valence electrons. The maximum absolute atomic E-state index is 13.4. The van der Waals surface area contributed by atoms with Crippen LogP contribution in [0.2, 0.25) is 0 Å². The first-order chi connectivity index (χ1) is 15.4. The minimum atomic E-state index is -3.54. The Morgan fingerprint density at radius 3 is 2.50 bits per heavy atom. The Bertz CT molecular complexity index is 1340. The van der Waals surface area contributed by atoms with Crippen molar-refractivity contribution in [3.05, 3.63) is 83.7 Å². The van der Waals surface area contributed by atoms with Crippen LogP contribution in [0.5, 0.6) is 0 Å². The molecular weight excluding hydrogens is 427 g/mol. The highest BCUT2D eigenvalue weighted by Crippen LogP contribution is 2.38. The Hall–Kier alpha value is -2.97. The van der Waals surface area contributed by atoms with Crippen molar-refractivity contribution in [1.29, 1.82) is 0 Å². The minimum Gasteiger partial charge on any atom is -0.340 e. The van der Waals surface area contributed by atoms with E-state index in [2.05, 4.69) is 33.6 Å². The summed E-state index contributed by atoms with van der Waals surface area (Å²) in [4.78, 5) is 6.56. The second-order valence-corrected chi connectivity index (χ2v) is 10.2. The van der Waals surface area contributed by atoms with Gasteiger partial charge >= 0.3 is 0 Å². The third kappa shape index (κ3) is 3.63. The van der Waals surface area contributed by atoms with Gasteiger partial charge in [0.25, 0.3) is 10.0 Å². The van der Waals surface area contributed by atoms with E-state index in [9.17, 15) is 12.8 Å². The Kier molecular flexibility index (Phi) is 5.35. The van der Waals surface area contributed by atoms with Crippen LogP contribution in [0, 0.1) is 12.7 Å². The normalized spacial score (nSPS) is 16.1. The van der Waals surface area contributed by atoms with E-state index in [0.717, 1.165) is 23.9 Å². The summed E-state index contributed by atoms with van der Waals surface area (Å²) < 4.78 is 42.8. The molecule has 0 unspecified atom stereocenters. The van der Waals surface area contributed by atoms with Crippen LogP contribution >= 0.6 is 0 Å². The maximum Gasteiger partial charge on any atom is 0.260 e. The van der Waals surface area contributed by atoms with Crippen molar-refractivity contribution < 1.29 is 12.8 Å². The van der Waals surface area contributed by atoms with Crippen LogP contribution in [0.3, 0.4) is 0 Å². The molecular formula is C24H25FN4O2S. The number of imidazole rings is 1. The third-order valence-electron chi connectivity index (χ3n) is 6.49. The zero-order chi connectivity index (χ0) is 22.3. The molecule has 2 aromatic carbocycles. The lowest BCUT2D eigenvalue weighted by Gasteiger charge is -2.31. The molecule has 0 atom stereocenters. The van der Waals surface area contributed by atoms with Crippen LogP contribution in [0.4, 0.5) is 4.39 Å². The zero-order valence-corrected chi connectivity index (χ0v) is 18.6. The first kappa shape index (κ1) is 20.9. The van der Waals surface area contributed by atoms with Gasteiger partial charge in [-0.1, -0.05) is 30.3 Å². The molecule has 1 saturated heterocycles. The van der Waals surface area contributed by atoms with E-state index in [-0.39, 0.29) is 16.8 Å². The summed E-state index contributed by atoms with van der Waals surface area (Å²) >= 11 is 0. The monoisotopic (exact) mass is 452 g/mol. The first-order valence-electron chi connectivity index (χ1n) is 10.8. The summed E-state index contributed by atoms with van der Waals surface area (Å²) in [6.07, 6.45) is 4.27. The van der Waals surface area contributed by atoms with Gasteiger partial charge in [-0.3, -0.25) is 0 Å². The summed E-state index contributed by atoms with van der Waals surface area (Å²) in [5, 5.41) is 1.35. The highest BCUT2D eigenvalue weighted by atomic mass is 32.2. The van der Waals surface area contributed by atoms with Crippen molar-refractivity contribution in [2.75, 3.05) is 13.1 Å². The summed E-state index contributed by atoms with van der Waals surface area (Å²) in [5.41, 5.74) is 4.67. The van der Waals surface area contributed by atoms with Crippen molar-refractivity contribution >= 4 is 20.9 Å². The van der Waals surface area contributed by atoms with Crippen molar-refractivity contribution in [3.63, 3.8) is 0 Å². The topological polar surface area (TPSA) is 71.0 Å². The number of aromatic amines is 1. The van der Waals surface area contributed by atoms with Gasteiger partial charge < -0.3 is 9.55 Å². The lowest BCUT2D eigenvalue weighted by atomic mass is 9.88. The summed E-state index contributed by atoms with van der Waals surface area (Å²) in [7, 11) is -3.54. The number of hydrogen-bond acceptors (Lipinski definition) is 3. The highest BCUT2D eigenvalue weighted by Gasteiger charge is 2.32. The number of para-hydroxylation sites is 1. The van der Waals surface area contributed by atoms with Gasteiger partial charge in [0, 0.05) is 36.2 Å². The number of hydrogen-bond donors (Lipinski definition) is 1. The molecule has 0 radical (unpaired) electrons. The van der Waals surface area contributed by atoms with Crippen LogP contribution in [0.1, 0.15) is 35.6 Å². The molecule has 2 aromatic heterocycles. The molecule has 3 heterocycles. The average molecular weight is 453 g/mol. The SMILES string of the molecule is Cc1c(C2CCN(S(=O)(=O)c3cnc[nH]3)CC2)c2ccccc2n1Cc1ccc(F)cc1. The molecule has 8 heteroatoms. The number of halogens is 1. The third-order valence-corrected chi connectivity index (χ3v) is 8.31. The maximum atomic E-state index is 13.4. The number of piperidine rings is 1. The van der Waals surface area contributed by atoms with E-state index in [4.69, 9.17) is 0 Å². The fourth-order valence-electron chi connectivity index (χ4n) is 4.86. The number of benzene rings is 2. The van der Waals surface area contributed by atoms with Gasteiger partial charge in [0.05, 0.1) is 12.5 Å². The van der Waals surface area contributed by atoms with Gasteiger partial charge in [0.1, 0.15) is 5.82 Å². The smallest absolute Gasteiger partial charge is 0.260 e. The Balaban J connectivity index is 1.44. The van der Waals surface area contributed by atoms with Crippen molar-refractivity contribution in [2.45, 2.75) is 37.3 Å². The molecule has 5 rings (SSSR count). The Morgan fingerprint density at radius 1 is 1.09 bits per heavy atom. The van der Waals surface area contributed by atoms with Crippen molar-refractivity contribution in [2.24, 2.45) is 0 Å². The molecule has 0 aliphatic carbocycles. The van der Waals surface area contributed by atoms with Gasteiger partial charge in [-0.15, -0.1) is 0 Å². The van der Waals surface area contributed by atoms with E-state index >= 15 is 0 Å². The summed E-state index contributed by atoms with van der Waals surface area (Å²) in [6.45, 7) is 3.75. The van der Waals surface area contributed by atoms with Gasteiger partial charge in [-0.25, -0.2) is 17.8 Å². The standard InChI is InChI=1S/C24H25FN4O2S/c1-17-24(19-10-12-28(13-11-19)32(30,31)23-14-26-16-27-23)21-4-2-3-5-22(21)29(17)15-18-6-8-20(25)9-7-18/h2-9,14,16,19H,10-13,15H2,1H3,(H,26,27). The average Bonchev–Trinajstić information content (AvgIpc) is 3.44. The number of nitrogens with one attached hydrogen (secondary N) is 1.